The van der Waals surface area contributed by atoms with Crippen molar-refractivity contribution in [3.05, 3.63) is 0 Å². The number of amides is 1. The van der Waals surface area contributed by atoms with Gasteiger partial charge in [0.25, 0.3) is 0 Å². The van der Waals surface area contributed by atoms with Gasteiger partial charge in [-0.15, -0.1) is 12.4 Å². The van der Waals surface area contributed by atoms with Crippen LogP contribution in [0.2, 0.25) is 0 Å². The van der Waals surface area contributed by atoms with Gasteiger partial charge in [0.05, 0.1) is 6.04 Å². The molecule has 0 radical (unpaired) electrons. The molecule has 0 aliphatic heterocycles. The van der Waals surface area contributed by atoms with Crippen LogP contribution in [0.5, 0.6) is 0 Å². The van der Waals surface area contributed by atoms with Crippen molar-refractivity contribution in [1.82, 2.24) is 4.90 Å². The molecule has 0 heterocycles. The Hall–Kier alpha value is -0.280. The van der Waals surface area contributed by atoms with Crippen molar-refractivity contribution >= 4 is 18.3 Å². The Labute approximate surface area is 99.8 Å². The van der Waals surface area contributed by atoms with Gasteiger partial charge in [0, 0.05) is 13.6 Å². The maximum atomic E-state index is 11.8. The maximum Gasteiger partial charge on any atom is 0.239 e. The molecule has 4 heteroatoms. The average Bonchev–Trinajstić information content (AvgIpc) is 2.22. The summed E-state index contributed by atoms with van der Waals surface area (Å²) < 4.78 is 0. The third-order valence-corrected chi connectivity index (χ3v) is 2.77. The highest BCUT2D eigenvalue weighted by atomic mass is 35.5. The lowest BCUT2D eigenvalue weighted by Gasteiger charge is -2.24. The number of hydrogen-bond donors (Lipinski definition) is 1. The van der Waals surface area contributed by atoms with Gasteiger partial charge in [0.15, 0.2) is 0 Å². The van der Waals surface area contributed by atoms with Crippen molar-refractivity contribution < 1.29 is 4.79 Å². The molecule has 0 rings (SSSR count). The summed E-state index contributed by atoms with van der Waals surface area (Å²) in [5.74, 6) is 0.347. The summed E-state index contributed by atoms with van der Waals surface area (Å²) in [4.78, 5) is 13.5. The van der Waals surface area contributed by atoms with Crippen LogP contribution < -0.4 is 5.73 Å². The van der Waals surface area contributed by atoms with E-state index in [0.717, 1.165) is 25.8 Å². The first kappa shape index (κ1) is 17.1. The first-order valence-corrected chi connectivity index (χ1v) is 5.55. The standard InChI is InChI=1S/C11H24N2O.ClH/c1-5-7-8-13(4)11(14)10(12)9(3)6-2;/h9-10H,5-8,12H2,1-4H3;1H. The number of hydrogen-bond acceptors (Lipinski definition) is 2. The van der Waals surface area contributed by atoms with Gasteiger partial charge in [-0.2, -0.15) is 0 Å². The second-order valence-corrected chi connectivity index (χ2v) is 4.02. The Morgan fingerprint density at radius 1 is 1.40 bits per heavy atom. The van der Waals surface area contributed by atoms with Crippen LogP contribution in [0.4, 0.5) is 0 Å². The van der Waals surface area contributed by atoms with Crippen LogP contribution in [0.1, 0.15) is 40.0 Å². The van der Waals surface area contributed by atoms with Crippen molar-refractivity contribution in [2.75, 3.05) is 13.6 Å². The van der Waals surface area contributed by atoms with Crippen LogP contribution >= 0.6 is 12.4 Å². The molecule has 0 aliphatic rings. The topological polar surface area (TPSA) is 46.3 Å². The third-order valence-electron chi connectivity index (χ3n) is 2.77. The van der Waals surface area contributed by atoms with Crippen LogP contribution in [0, 0.1) is 5.92 Å². The van der Waals surface area contributed by atoms with E-state index in [1.54, 1.807) is 4.90 Å². The monoisotopic (exact) mass is 236 g/mol. The second-order valence-electron chi connectivity index (χ2n) is 4.02. The molecule has 0 bridgehead atoms. The lowest BCUT2D eigenvalue weighted by Crippen LogP contribution is -2.45. The molecule has 0 aromatic rings. The summed E-state index contributed by atoms with van der Waals surface area (Å²) in [6.07, 6.45) is 3.11. The molecule has 92 valence electrons. The van der Waals surface area contributed by atoms with E-state index in [9.17, 15) is 4.79 Å². The highest BCUT2D eigenvalue weighted by Crippen LogP contribution is 2.08. The first-order valence-electron chi connectivity index (χ1n) is 5.55. The van der Waals surface area contributed by atoms with Crippen molar-refractivity contribution in [2.24, 2.45) is 11.7 Å². The fraction of sp³-hybridized carbons (Fsp3) is 0.909. The number of unbranched alkanes of at least 4 members (excludes halogenated alkanes) is 1. The molecule has 2 atom stereocenters. The van der Waals surface area contributed by atoms with E-state index in [-0.39, 0.29) is 30.3 Å². The molecule has 0 saturated carbocycles. The Morgan fingerprint density at radius 3 is 2.33 bits per heavy atom. The van der Waals surface area contributed by atoms with Gasteiger partial charge < -0.3 is 10.6 Å². The largest absolute Gasteiger partial charge is 0.344 e. The molecule has 0 aromatic heterocycles. The minimum Gasteiger partial charge on any atom is -0.344 e. The number of carbonyl (C=O) groups excluding carboxylic acids is 1. The van der Waals surface area contributed by atoms with Crippen LogP contribution in [0.25, 0.3) is 0 Å². The zero-order valence-corrected chi connectivity index (χ0v) is 11.1. The molecular weight excluding hydrogens is 212 g/mol. The fourth-order valence-corrected chi connectivity index (χ4v) is 1.26. The molecule has 15 heavy (non-hydrogen) atoms. The smallest absolute Gasteiger partial charge is 0.239 e. The summed E-state index contributed by atoms with van der Waals surface area (Å²) in [7, 11) is 1.83. The molecule has 2 unspecified atom stereocenters. The predicted molar refractivity (Wildman–Crippen MR) is 67.2 cm³/mol. The van der Waals surface area contributed by atoms with E-state index in [4.69, 9.17) is 5.73 Å². The molecular formula is C11H25ClN2O. The van der Waals surface area contributed by atoms with Crippen LogP contribution in [0.15, 0.2) is 0 Å². The summed E-state index contributed by atoms with van der Waals surface area (Å²) in [6.45, 7) is 7.02. The zero-order valence-electron chi connectivity index (χ0n) is 10.3. The highest BCUT2D eigenvalue weighted by Gasteiger charge is 2.22. The minimum absolute atomic E-state index is 0. The van der Waals surface area contributed by atoms with Gasteiger partial charge in [-0.3, -0.25) is 4.79 Å². The predicted octanol–water partition coefficient (Wildman–Crippen LogP) is 2.04. The zero-order chi connectivity index (χ0) is 11.1. The number of nitrogens with two attached hydrogens (primary N) is 1. The van der Waals surface area contributed by atoms with Crippen LogP contribution in [0.3, 0.4) is 0 Å². The third kappa shape index (κ3) is 6.00. The van der Waals surface area contributed by atoms with Gasteiger partial charge >= 0.3 is 0 Å². The highest BCUT2D eigenvalue weighted by molar-refractivity contribution is 5.85. The van der Waals surface area contributed by atoms with E-state index >= 15 is 0 Å². The summed E-state index contributed by atoms with van der Waals surface area (Å²) in [6, 6.07) is -0.332. The Morgan fingerprint density at radius 2 is 1.93 bits per heavy atom. The second kappa shape index (κ2) is 8.98. The molecule has 1 amide bonds. The van der Waals surface area contributed by atoms with Gasteiger partial charge in [0.2, 0.25) is 5.91 Å². The molecule has 2 N–H and O–H groups in total. The molecule has 3 nitrogen and oxygen atoms in total. The SMILES string of the molecule is CCCCN(C)C(=O)C(N)C(C)CC.Cl. The van der Waals surface area contributed by atoms with Gasteiger partial charge in [0.1, 0.15) is 0 Å². The fourth-order valence-electron chi connectivity index (χ4n) is 1.26. The number of carbonyl (C=O) groups is 1. The normalized spacial score (nSPS) is 13.9. The van der Waals surface area contributed by atoms with E-state index in [2.05, 4.69) is 13.8 Å². The van der Waals surface area contributed by atoms with E-state index in [1.807, 2.05) is 14.0 Å². The van der Waals surface area contributed by atoms with Crippen LogP contribution in [-0.2, 0) is 4.79 Å². The lowest BCUT2D eigenvalue weighted by molar-refractivity contribution is -0.132. The maximum absolute atomic E-state index is 11.8. The molecule has 0 spiro atoms. The first-order chi connectivity index (χ1) is 6.54. The number of rotatable bonds is 6. The van der Waals surface area contributed by atoms with E-state index in [0.29, 0.717) is 0 Å². The number of likely N-dealkylation sites (N-methyl/N-ethyl adjacent to an activating group) is 1. The Balaban J connectivity index is 0. The average molecular weight is 237 g/mol. The number of halogens is 1. The summed E-state index contributed by atoms with van der Waals surface area (Å²) in [5.41, 5.74) is 5.85. The molecule has 0 fully saturated rings. The van der Waals surface area contributed by atoms with Crippen molar-refractivity contribution in [2.45, 2.75) is 46.1 Å². The van der Waals surface area contributed by atoms with E-state index < -0.39 is 0 Å². The molecule has 0 saturated heterocycles. The van der Waals surface area contributed by atoms with Crippen LogP contribution in [-0.4, -0.2) is 30.4 Å². The van der Waals surface area contributed by atoms with Gasteiger partial charge in [-0.1, -0.05) is 33.6 Å². The lowest BCUT2D eigenvalue weighted by atomic mass is 9.99. The minimum atomic E-state index is -0.332. The molecule has 0 aliphatic carbocycles. The van der Waals surface area contributed by atoms with Crippen molar-refractivity contribution in [1.29, 1.82) is 0 Å². The van der Waals surface area contributed by atoms with Gasteiger partial charge in [-0.25, -0.2) is 0 Å². The summed E-state index contributed by atoms with van der Waals surface area (Å²) >= 11 is 0. The van der Waals surface area contributed by atoms with E-state index in [1.165, 1.54) is 0 Å². The molecule has 0 aromatic carbocycles. The Kier molecular flexibility index (Phi) is 10.3. The number of nitrogens with zero attached hydrogens (tertiary/aromatic N) is 1. The summed E-state index contributed by atoms with van der Waals surface area (Å²) in [5, 5.41) is 0. The Bertz CT molecular complexity index is 176. The van der Waals surface area contributed by atoms with Gasteiger partial charge in [-0.05, 0) is 12.3 Å². The van der Waals surface area contributed by atoms with Crippen molar-refractivity contribution in [3.8, 4) is 0 Å². The quantitative estimate of drug-likeness (QED) is 0.767. The van der Waals surface area contributed by atoms with Crippen molar-refractivity contribution in [3.63, 3.8) is 0 Å².